The van der Waals surface area contributed by atoms with E-state index in [1.807, 2.05) is 6.07 Å². The van der Waals surface area contributed by atoms with E-state index in [0.29, 0.717) is 33.1 Å². The molecule has 0 spiro atoms. The van der Waals surface area contributed by atoms with Gasteiger partial charge in [0, 0.05) is 16.3 Å². The lowest BCUT2D eigenvalue weighted by molar-refractivity contribution is 0.102. The first-order chi connectivity index (χ1) is 13.3. The van der Waals surface area contributed by atoms with Gasteiger partial charge in [0.2, 0.25) is 0 Å². The fourth-order valence-corrected chi connectivity index (χ4v) is 4.03. The molecule has 0 atom stereocenters. The Labute approximate surface area is 169 Å². The highest BCUT2D eigenvalue weighted by Gasteiger charge is 2.17. The zero-order valence-electron chi connectivity index (χ0n) is 15.4. The fraction of sp³-hybridized carbons (Fsp3) is 0.0952. The minimum absolute atomic E-state index is 0.0992. The Morgan fingerprint density at radius 3 is 2.29 bits per heavy atom. The first-order valence-electron chi connectivity index (χ1n) is 8.53. The average Bonchev–Trinajstić information content (AvgIpc) is 2.67. The van der Waals surface area contributed by atoms with Crippen LogP contribution in [0.25, 0.3) is 0 Å². The summed E-state index contributed by atoms with van der Waals surface area (Å²) in [6.45, 7) is 3.48. The molecule has 7 heteroatoms. The van der Waals surface area contributed by atoms with Crippen molar-refractivity contribution < 1.29 is 13.2 Å². The van der Waals surface area contributed by atoms with Gasteiger partial charge in [-0.15, -0.1) is 0 Å². The first kappa shape index (κ1) is 19.9. The number of carbonyl (C=O) groups excluding carboxylic acids is 1. The summed E-state index contributed by atoms with van der Waals surface area (Å²) in [5, 5.41) is 3.28. The van der Waals surface area contributed by atoms with Gasteiger partial charge in [0.1, 0.15) is 0 Å². The van der Waals surface area contributed by atoms with Crippen LogP contribution in [0.4, 0.5) is 11.4 Å². The number of halogens is 1. The normalized spacial score (nSPS) is 11.1. The van der Waals surface area contributed by atoms with Crippen molar-refractivity contribution in [2.24, 2.45) is 0 Å². The van der Waals surface area contributed by atoms with Gasteiger partial charge in [-0.1, -0.05) is 35.9 Å². The topological polar surface area (TPSA) is 75.3 Å². The summed E-state index contributed by atoms with van der Waals surface area (Å²) in [6.07, 6.45) is 0. The van der Waals surface area contributed by atoms with Crippen molar-refractivity contribution >= 4 is 38.9 Å². The number of amides is 1. The van der Waals surface area contributed by atoms with E-state index in [2.05, 4.69) is 10.0 Å². The van der Waals surface area contributed by atoms with Crippen molar-refractivity contribution in [3.05, 3.63) is 88.4 Å². The van der Waals surface area contributed by atoms with Crippen molar-refractivity contribution in [1.29, 1.82) is 0 Å². The Hall–Kier alpha value is -2.83. The van der Waals surface area contributed by atoms with Crippen molar-refractivity contribution in [2.45, 2.75) is 18.7 Å². The fourth-order valence-electron chi connectivity index (χ4n) is 2.65. The molecule has 5 nitrogen and oxygen atoms in total. The molecule has 3 aromatic rings. The zero-order chi connectivity index (χ0) is 20.3. The highest BCUT2D eigenvalue weighted by Crippen LogP contribution is 2.27. The van der Waals surface area contributed by atoms with Gasteiger partial charge in [0.05, 0.1) is 10.6 Å². The molecule has 3 rings (SSSR count). The third kappa shape index (κ3) is 4.35. The molecule has 0 radical (unpaired) electrons. The zero-order valence-corrected chi connectivity index (χ0v) is 16.9. The SMILES string of the molecule is Cc1cc(S(=O)(=O)Nc2cccc(Cl)c2C)ccc1NC(=O)c1ccccc1. The summed E-state index contributed by atoms with van der Waals surface area (Å²) in [5.41, 5.74) is 2.78. The van der Waals surface area contributed by atoms with Crippen molar-refractivity contribution in [1.82, 2.24) is 0 Å². The van der Waals surface area contributed by atoms with Gasteiger partial charge >= 0.3 is 0 Å². The van der Waals surface area contributed by atoms with Crippen molar-refractivity contribution in [2.75, 3.05) is 10.0 Å². The lowest BCUT2D eigenvalue weighted by Gasteiger charge is -2.14. The molecule has 0 saturated carbocycles. The number of sulfonamides is 1. The monoisotopic (exact) mass is 414 g/mol. The van der Waals surface area contributed by atoms with E-state index < -0.39 is 10.0 Å². The van der Waals surface area contributed by atoms with Crippen molar-refractivity contribution in [3.8, 4) is 0 Å². The summed E-state index contributed by atoms with van der Waals surface area (Å²) in [4.78, 5) is 12.4. The third-order valence-corrected chi connectivity index (χ3v) is 6.08. The summed E-state index contributed by atoms with van der Waals surface area (Å²) < 4.78 is 28.0. The highest BCUT2D eigenvalue weighted by molar-refractivity contribution is 7.92. The Morgan fingerprint density at radius 2 is 1.61 bits per heavy atom. The van der Waals surface area contributed by atoms with E-state index in [1.165, 1.54) is 12.1 Å². The van der Waals surface area contributed by atoms with Gasteiger partial charge in [-0.2, -0.15) is 0 Å². The molecule has 0 bridgehead atoms. The summed E-state index contributed by atoms with van der Waals surface area (Å²) in [5.74, 6) is -0.257. The van der Waals surface area contributed by atoms with Crippen molar-refractivity contribution in [3.63, 3.8) is 0 Å². The van der Waals surface area contributed by atoms with Gasteiger partial charge < -0.3 is 5.32 Å². The number of carbonyl (C=O) groups is 1. The number of benzene rings is 3. The van der Waals surface area contributed by atoms with E-state index in [1.54, 1.807) is 62.4 Å². The number of aryl methyl sites for hydroxylation is 1. The maximum Gasteiger partial charge on any atom is 0.261 e. The van der Waals surface area contributed by atoms with Gasteiger partial charge in [-0.25, -0.2) is 8.42 Å². The molecule has 0 aromatic heterocycles. The predicted molar refractivity (Wildman–Crippen MR) is 113 cm³/mol. The van der Waals surface area contributed by atoms with Crippen LogP contribution in [0, 0.1) is 13.8 Å². The molecule has 0 heterocycles. The molecular formula is C21H19ClN2O3S. The molecule has 144 valence electrons. The van der Waals surface area contributed by atoms with Gasteiger partial charge in [0.25, 0.3) is 15.9 Å². The van der Waals surface area contributed by atoms with Crippen LogP contribution in [0.1, 0.15) is 21.5 Å². The lowest BCUT2D eigenvalue weighted by atomic mass is 10.1. The quantitative estimate of drug-likeness (QED) is 0.616. The standard InChI is InChI=1S/C21H19ClN2O3S/c1-14-13-17(28(26,27)24-20-10-6-9-18(22)15(20)2)11-12-19(14)23-21(25)16-7-4-3-5-8-16/h3-13,24H,1-2H3,(H,23,25). The second-order valence-corrected chi connectivity index (χ2v) is 8.40. The van der Waals surface area contributed by atoms with E-state index in [0.717, 1.165) is 0 Å². The van der Waals surface area contributed by atoms with Crippen LogP contribution in [0.15, 0.2) is 71.6 Å². The highest BCUT2D eigenvalue weighted by atomic mass is 35.5. The second kappa shape index (κ2) is 8.04. The molecule has 0 aliphatic carbocycles. The summed E-state index contributed by atoms with van der Waals surface area (Å²) in [7, 11) is -3.79. The second-order valence-electron chi connectivity index (χ2n) is 6.31. The molecule has 28 heavy (non-hydrogen) atoms. The van der Waals surface area contributed by atoms with E-state index >= 15 is 0 Å². The average molecular weight is 415 g/mol. The van der Waals surface area contributed by atoms with Crippen LogP contribution in [-0.4, -0.2) is 14.3 Å². The Morgan fingerprint density at radius 1 is 0.893 bits per heavy atom. The maximum absolute atomic E-state index is 12.7. The Bertz CT molecular complexity index is 1130. The van der Waals surface area contributed by atoms with Crippen LogP contribution < -0.4 is 10.0 Å². The van der Waals surface area contributed by atoms with E-state index in [9.17, 15) is 13.2 Å². The molecule has 0 aliphatic heterocycles. The number of hydrogen-bond donors (Lipinski definition) is 2. The first-order valence-corrected chi connectivity index (χ1v) is 10.4. The predicted octanol–water partition coefficient (Wildman–Crippen LogP) is 5.01. The van der Waals surface area contributed by atoms with Crippen LogP contribution >= 0.6 is 11.6 Å². The molecule has 0 aliphatic rings. The molecule has 0 saturated heterocycles. The molecule has 2 N–H and O–H groups in total. The summed E-state index contributed by atoms with van der Waals surface area (Å²) in [6, 6.07) is 18.4. The van der Waals surface area contributed by atoms with Gasteiger partial charge in [0.15, 0.2) is 0 Å². The molecular weight excluding hydrogens is 396 g/mol. The van der Waals surface area contributed by atoms with Crippen LogP contribution in [-0.2, 0) is 10.0 Å². The number of rotatable bonds is 5. The molecule has 0 unspecified atom stereocenters. The Kier molecular flexibility index (Phi) is 5.72. The minimum Gasteiger partial charge on any atom is -0.322 e. The maximum atomic E-state index is 12.7. The van der Waals surface area contributed by atoms with Crippen LogP contribution in [0.3, 0.4) is 0 Å². The summed E-state index contributed by atoms with van der Waals surface area (Å²) >= 11 is 6.06. The Balaban J connectivity index is 1.83. The molecule has 0 fully saturated rings. The molecule has 1 amide bonds. The van der Waals surface area contributed by atoms with Crippen LogP contribution in [0.5, 0.6) is 0 Å². The number of nitrogens with one attached hydrogen (secondary N) is 2. The lowest BCUT2D eigenvalue weighted by Crippen LogP contribution is -2.15. The van der Waals surface area contributed by atoms with Gasteiger partial charge in [-0.05, 0) is 67.4 Å². The van der Waals surface area contributed by atoms with Gasteiger partial charge in [-0.3, -0.25) is 9.52 Å². The minimum atomic E-state index is -3.79. The number of hydrogen-bond acceptors (Lipinski definition) is 3. The smallest absolute Gasteiger partial charge is 0.261 e. The molecule has 3 aromatic carbocycles. The largest absolute Gasteiger partial charge is 0.322 e. The van der Waals surface area contributed by atoms with E-state index in [-0.39, 0.29) is 10.8 Å². The number of anilines is 2. The van der Waals surface area contributed by atoms with Crippen LogP contribution in [0.2, 0.25) is 5.02 Å². The third-order valence-electron chi connectivity index (χ3n) is 4.30. The van der Waals surface area contributed by atoms with E-state index in [4.69, 9.17) is 11.6 Å².